The Kier molecular flexibility index (Phi) is 7.81. The largest absolute Gasteiger partial charge is 0.508 e. The molecule has 1 amide bonds. The summed E-state index contributed by atoms with van der Waals surface area (Å²) in [5.41, 5.74) is 2.93. The van der Waals surface area contributed by atoms with Crippen LogP contribution in [0.2, 0.25) is 0 Å². The lowest BCUT2D eigenvalue weighted by Gasteiger charge is -2.22. The van der Waals surface area contributed by atoms with E-state index in [2.05, 4.69) is 21.4 Å². The maximum absolute atomic E-state index is 12.9. The molecule has 3 N–H and O–H groups in total. The van der Waals surface area contributed by atoms with Crippen molar-refractivity contribution in [3.05, 3.63) is 53.2 Å². The molecule has 9 heteroatoms. The summed E-state index contributed by atoms with van der Waals surface area (Å²) in [5.74, 6) is -0.418. The first-order chi connectivity index (χ1) is 17.8. The molecule has 9 nitrogen and oxygen atoms in total. The standard InChI is InChI=1S/C28H32N4O5/c1-5-30-28(35)26-25(27(37-31-26)21-12-20(16(2)3)23(33)13-24(21)34)18-8-6-17(7-9-18)22(14-29)32-11-10-19(15-32)36-4/h6-9,12-13,16,19,22,33-34H,5,10-11,15H2,1-4H3,(H,30,35). The van der Waals surface area contributed by atoms with Gasteiger partial charge in [-0.2, -0.15) is 5.26 Å². The first kappa shape index (κ1) is 26.2. The number of rotatable bonds is 8. The number of methoxy groups -OCH3 is 1. The number of benzene rings is 2. The monoisotopic (exact) mass is 504 g/mol. The van der Waals surface area contributed by atoms with Gasteiger partial charge in [0.05, 0.1) is 23.3 Å². The summed E-state index contributed by atoms with van der Waals surface area (Å²) in [5, 5.41) is 37.7. The van der Waals surface area contributed by atoms with Crippen LogP contribution in [0.4, 0.5) is 0 Å². The Bertz CT molecular complexity index is 1310. The lowest BCUT2D eigenvalue weighted by Crippen LogP contribution is -2.27. The van der Waals surface area contributed by atoms with E-state index in [1.165, 1.54) is 6.07 Å². The van der Waals surface area contributed by atoms with E-state index in [1.807, 2.05) is 45.0 Å². The van der Waals surface area contributed by atoms with Gasteiger partial charge in [-0.1, -0.05) is 43.3 Å². The summed E-state index contributed by atoms with van der Waals surface area (Å²) in [6.45, 7) is 7.53. The van der Waals surface area contributed by atoms with Crippen molar-refractivity contribution in [3.8, 4) is 40.0 Å². The molecule has 2 unspecified atom stereocenters. The minimum atomic E-state index is -0.422. The number of nitrogens with zero attached hydrogens (tertiary/aromatic N) is 3. The van der Waals surface area contributed by atoms with Gasteiger partial charge in [0.15, 0.2) is 11.5 Å². The van der Waals surface area contributed by atoms with Crippen LogP contribution < -0.4 is 5.32 Å². The van der Waals surface area contributed by atoms with Crippen molar-refractivity contribution >= 4 is 5.91 Å². The van der Waals surface area contributed by atoms with Gasteiger partial charge in [0.2, 0.25) is 0 Å². The Morgan fingerprint density at radius 1 is 1.27 bits per heavy atom. The molecule has 0 aliphatic carbocycles. The van der Waals surface area contributed by atoms with Crippen molar-refractivity contribution in [2.45, 2.75) is 45.3 Å². The Labute approximate surface area is 216 Å². The smallest absolute Gasteiger partial charge is 0.274 e. The zero-order valence-corrected chi connectivity index (χ0v) is 21.5. The van der Waals surface area contributed by atoms with Crippen molar-refractivity contribution < 1.29 is 24.3 Å². The van der Waals surface area contributed by atoms with E-state index in [9.17, 15) is 20.3 Å². The minimum absolute atomic E-state index is 0.0147. The quantitative estimate of drug-likeness (QED) is 0.406. The van der Waals surface area contributed by atoms with Gasteiger partial charge in [-0.05, 0) is 42.0 Å². The summed E-state index contributed by atoms with van der Waals surface area (Å²) >= 11 is 0. The number of amides is 1. The third-order valence-corrected chi connectivity index (χ3v) is 6.77. The molecule has 1 fully saturated rings. The second-order valence-corrected chi connectivity index (χ2v) is 9.47. The molecule has 1 aliphatic heterocycles. The number of phenolic OH excluding ortho intramolecular Hbond substituents is 2. The normalized spacial score (nSPS) is 16.6. The van der Waals surface area contributed by atoms with Crippen LogP contribution in [0.15, 0.2) is 40.9 Å². The molecule has 0 bridgehead atoms. The van der Waals surface area contributed by atoms with Crippen molar-refractivity contribution in [3.63, 3.8) is 0 Å². The zero-order chi connectivity index (χ0) is 26.7. The van der Waals surface area contributed by atoms with Crippen molar-refractivity contribution in [1.82, 2.24) is 15.4 Å². The molecule has 0 radical (unpaired) electrons. The number of nitriles is 1. The molecule has 0 saturated carbocycles. The zero-order valence-electron chi connectivity index (χ0n) is 21.5. The van der Waals surface area contributed by atoms with Crippen LogP contribution in [0.5, 0.6) is 11.5 Å². The van der Waals surface area contributed by atoms with Crippen LogP contribution in [0, 0.1) is 11.3 Å². The van der Waals surface area contributed by atoms with E-state index in [0.29, 0.717) is 35.3 Å². The number of ether oxygens (including phenoxy) is 1. The summed E-state index contributed by atoms with van der Waals surface area (Å²) < 4.78 is 11.1. The number of carbonyl (C=O) groups excluding carboxylic acids is 1. The molecule has 2 atom stereocenters. The lowest BCUT2D eigenvalue weighted by molar-refractivity contribution is 0.0947. The Balaban J connectivity index is 1.78. The van der Waals surface area contributed by atoms with Crippen molar-refractivity contribution in [1.29, 1.82) is 5.26 Å². The number of hydrogen-bond acceptors (Lipinski definition) is 8. The second-order valence-electron chi connectivity index (χ2n) is 9.47. The number of aromatic nitrogens is 1. The minimum Gasteiger partial charge on any atom is -0.508 e. The molecule has 194 valence electrons. The molecule has 1 aliphatic rings. The third kappa shape index (κ3) is 5.17. The van der Waals surface area contributed by atoms with Gasteiger partial charge in [-0.3, -0.25) is 9.69 Å². The van der Waals surface area contributed by atoms with E-state index in [1.54, 1.807) is 13.2 Å². The van der Waals surface area contributed by atoms with Crippen LogP contribution in [-0.4, -0.2) is 59.0 Å². The van der Waals surface area contributed by atoms with E-state index < -0.39 is 11.9 Å². The summed E-state index contributed by atoms with van der Waals surface area (Å²) in [6.07, 6.45) is 0.990. The third-order valence-electron chi connectivity index (χ3n) is 6.77. The predicted molar refractivity (Wildman–Crippen MR) is 138 cm³/mol. The lowest BCUT2D eigenvalue weighted by atomic mass is 9.93. The average molecular weight is 505 g/mol. The molecule has 37 heavy (non-hydrogen) atoms. The fraction of sp³-hybridized carbons (Fsp3) is 0.393. The number of nitrogens with one attached hydrogen (secondary N) is 1. The molecular weight excluding hydrogens is 472 g/mol. The first-order valence-corrected chi connectivity index (χ1v) is 12.4. The van der Waals surface area contributed by atoms with E-state index in [-0.39, 0.29) is 35.0 Å². The second kappa shape index (κ2) is 11.0. The SMILES string of the molecule is CCNC(=O)c1noc(-c2cc(C(C)C)c(O)cc2O)c1-c1ccc(C(C#N)N2CCC(OC)C2)cc1. The van der Waals surface area contributed by atoms with Crippen molar-refractivity contribution in [2.75, 3.05) is 26.7 Å². The Hall–Kier alpha value is -3.87. The van der Waals surface area contributed by atoms with Gasteiger partial charge < -0.3 is 24.8 Å². The molecule has 2 heterocycles. The molecule has 4 rings (SSSR count). The van der Waals surface area contributed by atoms with Gasteiger partial charge >= 0.3 is 0 Å². The highest BCUT2D eigenvalue weighted by molar-refractivity contribution is 6.02. The Morgan fingerprint density at radius 3 is 2.59 bits per heavy atom. The molecule has 1 aromatic heterocycles. The molecule has 3 aromatic rings. The van der Waals surface area contributed by atoms with Gasteiger partial charge in [0.25, 0.3) is 5.91 Å². The van der Waals surface area contributed by atoms with Crippen LogP contribution in [-0.2, 0) is 4.74 Å². The fourth-order valence-corrected chi connectivity index (χ4v) is 4.76. The van der Waals surface area contributed by atoms with E-state index in [4.69, 9.17) is 9.26 Å². The summed E-state index contributed by atoms with van der Waals surface area (Å²) in [6, 6.07) is 12.3. The van der Waals surface area contributed by atoms with Crippen LogP contribution in [0.25, 0.3) is 22.5 Å². The topological polar surface area (TPSA) is 132 Å². The van der Waals surface area contributed by atoms with Crippen molar-refractivity contribution in [2.24, 2.45) is 0 Å². The molecule has 2 aromatic carbocycles. The highest BCUT2D eigenvalue weighted by Crippen LogP contribution is 2.43. The highest BCUT2D eigenvalue weighted by atomic mass is 16.5. The number of phenols is 2. The molecular formula is C28H32N4O5. The maximum Gasteiger partial charge on any atom is 0.274 e. The maximum atomic E-state index is 12.9. The number of aromatic hydroxyl groups is 2. The van der Waals surface area contributed by atoms with Crippen LogP contribution in [0.1, 0.15) is 60.8 Å². The first-order valence-electron chi connectivity index (χ1n) is 12.4. The number of hydrogen-bond donors (Lipinski definition) is 3. The summed E-state index contributed by atoms with van der Waals surface area (Å²) in [4.78, 5) is 14.9. The van der Waals surface area contributed by atoms with Gasteiger partial charge in [-0.25, -0.2) is 0 Å². The predicted octanol–water partition coefficient (Wildman–Crippen LogP) is 4.58. The van der Waals surface area contributed by atoms with Gasteiger partial charge in [0.1, 0.15) is 17.5 Å². The summed E-state index contributed by atoms with van der Waals surface area (Å²) in [7, 11) is 1.68. The average Bonchev–Trinajstić information content (AvgIpc) is 3.53. The number of likely N-dealkylation sites (tertiary alicyclic amines) is 1. The number of carbonyl (C=O) groups is 1. The van der Waals surface area contributed by atoms with Gasteiger partial charge in [-0.15, -0.1) is 0 Å². The van der Waals surface area contributed by atoms with Crippen LogP contribution in [0.3, 0.4) is 0 Å². The molecule has 0 spiro atoms. The van der Waals surface area contributed by atoms with Crippen LogP contribution >= 0.6 is 0 Å². The molecule has 1 saturated heterocycles. The van der Waals surface area contributed by atoms with E-state index >= 15 is 0 Å². The van der Waals surface area contributed by atoms with E-state index in [0.717, 1.165) is 18.5 Å². The van der Waals surface area contributed by atoms with Gasteiger partial charge in [0, 0.05) is 32.8 Å². The Morgan fingerprint density at radius 2 is 2.00 bits per heavy atom. The fourth-order valence-electron chi connectivity index (χ4n) is 4.76. The highest BCUT2D eigenvalue weighted by Gasteiger charge is 2.30.